The smallest absolute Gasteiger partial charge is 0.418 e. The predicted molar refractivity (Wildman–Crippen MR) is 74.4 cm³/mol. The van der Waals surface area contributed by atoms with Crippen molar-refractivity contribution >= 4 is 29.2 Å². The third-order valence-electron chi connectivity index (χ3n) is 2.80. The van der Waals surface area contributed by atoms with Crippen molar-refractivity contribution in [3.8, 4) is 0 Å². The number of halogens is 4. The summed E-state index contributed by atoms with van der Waals surface area (Å²) in [5.41, 5.74) is -2.10. The fraction of sp³-hybridized carbons (Fsp3) is 0.286. The highest BCUT2D eigenvalue weighted by Crippen LogP contribution is 2.38. The van der Waals surface area contributed by atoms with Crippen LogP contribution >= 0.6 is 11.6 Å². The molecule has 23 heavy (non-hydrogen) atoms. The number of hydrogen-bond acceptors (Lipinski definition) is 5. The highest BCUT2D eigenvalue weighted by Gasteiger charge is 2.39. The monoisotopic (exact) mass is 349 g/mol. The van der Waals surface area contributed by atoms with E-state index in [1.54, 1.807) is 0 Å². The van der Waals surface area contributed by atoms with Crippen molar-refractivity contribution in [1.29, 1.82) is 0 Å². The number of benzene rings is 1. The normalized spacial score (nSPS) is 17.4. The molecular formula is C14H11ClF3NO4. The summed E-state index contributed by atoms with van der Waals surface area (Å²) >= 11 is 5.75. The molecule has 1 aliphatic rings. The van der Waals surface area contributed by atoms with Crippen molar-refractivity contribution in [3.63, 3.8) is 0 Å². The van der Waals surface area contributed by atoms with Crippen LogP contribution in [0.25, 0.3) is 0 Å². The maximum absolute atomic E-state index is 12.9. The molecule has 9 heteroatoms. The summed E-state index contributed by atoms with van der Waals surface area (Å²) in [4.78, 5) is 23.4. The van der Waals surface area contributed by atoms with Gasteiger partial charge in [0.1, 0.15) is 0 Å². The fourth-order valence-electron chi connectivity index (χ4n) is 1.83. The quantitative estimate of drug-likeness (QED) is 0.503. The van der Waals surface area contributed by atoms with E-state index in [1.165, 1.54) is 19.9 Å². The molecule has 0 saturated carbocycles. The van der Waals surface area contributed by atoms with E-state index < -0.39 is 40.7 Å². The van der Waals surface area contributed by atoms with Crippen LogP contribution in [0.4, 0.5) is 18.9 Å². The number of nitrogens with one attached hydrogen (secondary N) is 1. The van der Waals surface area contributed by atoms with Gasteiger partial charge in [0, 0.05) is 20.0 Å². The molecule has 1 fully saturated rings. The van der Waals surface area contributed by atoms with Gasteiger partial charge in [0.25, 0.3) is 5.79 Å². The summed E-state index contributed by atoms with van der Waals surface area (Å²) in [6, 6.07) is 3.18. The summed E-state index contributed by atoms with van der Waals surface area (Å²) < 4.78 is 48.5. The van der Waals surface area contributed by atoms with E-state index in [9.17, 15) is 22.8 Å². The van der Waals surface area contributed by atoms with E-state index in [1.807, 2.05) is 0 Å². The first kappa shape index (κ1) is 17.1. The Hall–Kier alpha value is -2.22. The molecule has 0 amide bonds. The van der Waals surface area contributed by atoms with Crippen molar-refractivity contribution in [2.75, 3.05) is 5.32 Å². The highest BCUT2D eigenvalue weighted by molar-refractivity contribution is 6.33. The van der Waals surface area contributed by atoms with Gasteiger partial charge < -0.3 is 14.8 Å². The zero-order valence-electron chi connectivity index (χ0n) is 12.0. The Morgan fingerprint density at radius 1 is 1.17 bits per heavy atom. The molecule has 0 radical (unpaired) electrons. The van der Waals surface area contributed by atoms with Gasteiger partial charge in [-0.1, -0.05) is 17.7 Å². The van der Waals surface area contributed by atoms with E-state index in [-0.39, 0.29) is 5.02 Å². The molecule has 1 N–H and O–H groups in total. The molecule has 1 heterocycles. The second-order valence-corrected chi connectivity index (χ2v) is 5.45. The molecule has 1 saturated heterocycles. The van der Waals surface area contributed by atoms with Crippen LogP contribution in [0.1, 0.15) is 19.4 Å². The van der Waals surface area contributed by atoms with Gasteiger partial charge in [0.2, 0.25) is 0 Å². The molecule has 0 atom stereocenters. The molecule has 5 nitrogen and oxygen atoms in total. The first-order valence-corrected chi connectivity index (χ1v) is 6.68. The number of carbonyl (C=O) groups excluding carboxylic acids is 2. The second kappa shape index (κ2) is 5.77. The highest BCUT2D eigenvalue weighted by atomic mass is 35.5. The Bertz CT molecular complexity index is 676. The van der Waals surface area contributed by atoms with Gasteiger partial charge in [-0.2, -0.15) is 13.2 Å². The maximum Gasteiger partial charge on any atom is 0.418 e. The Kier molecular flexibility index (Phi) is 4.30. The van der Waals surface area contributed by atoms with Crippen molar-refractivity contribution in [1.82, 2.24) is 0 Å². The van der Waals surface area contributed by atoms with E-state index >= 15 is 0 Å². The molecule has 0 aliphatic carbocycles. The molecule has 0 spiro atoms. The van der Waals surface area contributed by atoms with Crippen molar-refractivity contribution in [3.05, 3.63) is 40.6 Å². The predicted octanol–water partition coefficient (Wildman–Crippen LogP) is 3.49. The molecule has 2 rings (SSSR count). The van der Waals surface area contributed by atoms with Gasteiger partial charge >= 0.3 is 18.1 Å². The number of para-hydroxylation sites is 1. The molecular weight excluding hydrogens is 339 g/mol. The van der Waals surface area contributed by atoms with Gasteiger partial charge in [-0.3, -0.25) is 0 Å². The molecule has 0 aromatic heterocycles. The number of anilines is 1. The van der Waals surface area contributed by atoms with Crippen LogP contribution in [0.15, 0.2) is 30.0 Å². The Balaban J connectivity index is 2.34. The molecule has 1 aromatic carbocycles. The van der Waals surface area contributed by atoms with E-state index in [4.69, 9.17) is 21.1 Å². The topological polar surface area (TPSA) is 64.6 Å². The summed E-state index contributed by atoms with van der Waals surface area (Å²) in [5, 5.41) is 2.00. The van der Waals surface area contributed by atoms with E-state index in [0.29, 0.717) is 0 Å². The minimum Gasteiger partial charge on any atom is -0.419 e. The molecule has 1 aromatic rings. The van der Waals surface area contributed by atoms with Crippen LogP contribution < -0.4 is 5.32 Å². The van der Waals surface area contributed by atoms with Gasteiger partial charge in [0.05, 0.1) is 16.3 Å². The van der Waals surface area contributed by atoms with Crippen LogP contribution in [0.2, 0.25) is 5.02 Å². The van der Waals surface area contributed by atoms with Crippen molar-refractivity contribution in [2.45, 2.75) is 25.8 Å². The average Bonchev–Trinajstić information content (AvgIpc) is 2.36. The zero-order chi connectivity index (χ0) is 17.4. The lowest BCUT2D eigenvalue weighted by Crippen LogP contribution is -2.42. The Morgan fingerprint density at radius 2 is 1.74 bits per heavy atom. The largest absolute Gasteiger partial charge is 0.419 e. The lowest BCUT2D eigenvalue weighted by molar-refractivity contribution is -0.222. The van der Waals surface area contributed by atoms with Crippen molar-refractivity contribution < 1.29 is 32.2 Å². The lowest BCUT2D eigenvalue weighted by Gasteiger charge is -2.29. The zero-order valence-corrected chi connectivity index (χ0v) is 12.7. The number of alkyl halides is 3. The maximum atomic E-state index is 12.9. The van der Waals surface area contributed by atoms with Crippen LogP contribution in [0.5, 0.6) is 0 Å². The number of hydrogen-bond donors (Lipinski definition) is 1. The molecule has 1 aliphatic heterocycles. The number of ether oxygens (including phenoxy) is 2. The van der Waals surface area contributed by atoms with Gasteiger partial charge in [0.15, 0.2) is 5.57 Å². The van der Waals surface area contributed by atoms with E-state index in [2.05, 4.69) is 5.32 Å². The average molecular weight is 350 g/mol. The van der Waals surface area contributed by atoms with Crippen LogP contribution in [0, 0.1) is 0 Å². The SMILES string of the molecule is CC1(C)OC(=O)C(=CNc2c(Cl)cccc2C(F)(F)F)C(=O)O1. The fourth-order valence-corrected chi connectivity index (χ4v) is 2.06. The molecule has 0 bridgehead atoms. The number of esters is 2. The first-order chi connectivity index (χ1) is 10.5. The first-order valence-electron chi connectivity index (χ1n) is 6.30. The lowest BCUT2D eigenvalue weighted by atomic mass is 10.1. The van der Waals surface area contributed by atoms with Crippen LogP contribution in [-0.2, 0) is 25.2 Å². The molecule has 124 valence electrons. The van der Waals surface area contributed by atoms with E-state index in [0.717, 1.165) is 18.3 Å². The number of cyclic esters (lactones) is 2. The van der Waals surface area contributed by atoms with Gasteiger partial charge in [-0.15, -0.1) is 0 Å². The minimum absolute atomic E-state index is 0.227. The number of rotatable bonds is 2. The van der Waals surface area contributed by atoms with Gasteiger partial charge in [-0.05, 0) is 12.1 Å². The van der Waals surface area contributed by atoms with Gasteiger partial charge in [-0.25, -0.2) is 9.59 Å². The number of carbonyl (C=O) groups is 2. The Labute approximate surface area is 134 Å². The van der Waals surface area contributed by atoms with Crippen LogP contribution in [0.3, 0.4) is 0 Å². The second-order valence-electron chi connectivity index (χ2n) is 5.04. The summed E-state index contributed by atoms with van der Waals surface area (Å²) in [7, 11) is 0. The summed E-state index contributed by atoms with van der Waals surface area (Å²) in [6.07, 6.45) is -3.89. The Morgan fingerprint density at radius 3 is 2.26 bits per heavy atom. The third kappa shape index (κ3) is 3.76. The standard InChI is InChI=1S/C14H11ClF3NO4/c1-13(2)22-11(20)7(12(21)23-13)6-19-10-8(14(16,17)18)4-3-5-9(10)15/h3-6,19H,1-2H3. The summed E-state index contributed by atoms with van der Waals surface area (Å²) in [6.45, 7) is 2.70. The van der Waals surface area contributed by atoms with Crippen LogP contribution in [-0.4, -0.2) is 17.7 Å². The summed E-state index contributed by atoms with van der Waals surface area (Å²) in [5.74, 6) is -3.47. The molecule has 0 unspecified atom stereocenters. The minimum atomic E-state index is -4.67. The third-order valence-corrected chi connectivity index (χ3v) is 3.11. The van der Waals surface area contributed by atoms with Crippen molar-refractivity contribution in [2.24, 2.45) is 0 Å².